The maximum Gasteiger partial charge on any atom is 0.407 e. The molecule has 0 unspecified atom stereocenters. The van der Waals surface area contributed by atoms with Gasteiger partial charge in [0.1, 0.15) is 11.4 Å². The number of carbonyl (C=O) groups is 1. The molecule has 0 saturated carbocycles. The van der Waals surface area contributed by atoms with Crippen molar-refractivity contribution in [1.29, 1.82) is 0 Å². The molecular weight excluding hydrogens is 247 g/mol. The first kappa shape index (κ1) is 15.3. The van der Waals surface area contributed by atoms with Crippen LogP contribution in [0.3, 0.4) is 0 Å². The Morgan fingerprint density at radius 3 is 2.58 bits per heavy atom. The Hall–Kier alpha value is -1.78. The summed E-state index contributed by atoms with van der Waals surface area (Å²) in [5.41, 5.74) is 0.784. The molecule has 0 fully saturated rings. The second-order valence-corrected chi connectivity index (χ2v) is 5.34. The quantitative estimate of drug-likeness (QED) is 0.825. The largest absolute Gasteiger partial charge is 0.444 e. The third kappa shape index (κ3) is 6.08. The zero-order valence-corrected chi connectivity index (χ0v) is 11.8. The number of alkyl carbamates (subject to hydrolysis) is 1. The summed E-state index contributed by atoms with van der Waals surface area (Å²) in [4.78, 5) is 11.3. The molecule has 0 aliphatic heterocycles. The summed E-state index contributed by atoms with van der Waals surface area (Å²) in [7, 11) is 0. The van der Waals surface area contributed by atoms with E-state index in [9.17, 15) is 9.18 Å². The molecule has 1 aromatic rings. The Morgan fingerprint density at radius 1 is 1.32 bits per heavy atom. The Bertz CT molecular complexity index is 442. The Balaban J connectivity index is 2.29. The molecule has 0 aliphatic carbocycles. The van der Waals surface area contributed by atoms with Gasteiger partial charge in [0.05, 0.1) is 5.69 Å². The monoisotopic (exact) mass is 268 g/mol. The summed E-state index contributed by atoms with van der Waals surface area (Å²) in [6.45, 7) is 8.02. The number of ether oxygens (including phenoxy) is 1. The highest BCUT2D eigenvalue weighted by atomic mass is 19.1. The maximum absolute atomic E-state index is 13.5. The maximum atomic E-state index is 13.5. The number of halogens is 1. The van der Waals surface area contributed by atoms with Crippen molar-refractivity contribution < 1.29 is 13.9 Å². The molecule has 0 aliphatic rings. The van der Waals surface area contributed by atoms with Crippen LogP contribution in [0.1, 0.15) is 26.3 Å². The first-order chi connectivity index (χ1) is 8.78. The van der Waals surface area contributed by atoms with Gasteiger partial charge in [-0.1, -0.05) is 6.07 Å². The summed E-state index contributed by atoms with van der Waals surface area (Å²) < 4.78 is 18.6. The highest BCUT2D eigenvalue weighted by molar-refractivity contribution is 5.67. The number of hydrogen-bond acceptors (Lipinski definition) is 3. The number of carbonyl (C=O) groups excluding carboxylic acids is 1. The van der Waals surface area contributed by atoms with Crippen molar-refractivity contribution in [2.45, 2.75) is 33.3 Å². The summed E-state index contributed by atoms with van der Waals surface area (Å²) in [5.74, 6) is -0.294. The van der Waals surface area contributed by atoms with Crippen molar-refractivity contribution >= 4 is 11.8 Å². The van der Waals surface area contributed by atoms with Crippen LogP contribution in [0.2, 0.25) is 0 Å². The molecule has 106 valence electrons. The van der Waals surface area contributed by atoms with Gasteiger partial charge in [0.2, 0.25) is 0 Å². The van der Waals surface area contributed by atoms with Gasteiger partial charge in [-0.15, -0.1) is 0 Å². The average molecular weight is 268 g/mol. The van der Waals surface area contributed by atoms with E-state index in [2.05, 4.69) is 10.6 Å². The van der Waals surface area contributed by atoms with Crippen LogP contribution < -0.4 is 10.6 Å². The number of benzene rings is 1. The molecule has 0 bridgehead atoms. The predicted octanol–water partition coefficient (Wildman–Crippen LogP) is 3.07. The van der Waals surface area contributed by atoms with Crippen molar-refractivity contribution in [2.75, 3.05) is 18.4 Å². The van der Waals surface area contributed by atoms with Gasteiger partial charge in [-0.3, -0.25) is 0 Å². The molecule has 4 nitrogen and oxygen atoms in total. The van der Waals surface area contributed by atoms with E-state index in [-0.39, 0.29) is 5.82 Å². The summed E-state index contributed by atoms with van der Waals surface area (Å²) >= 11 is 0. The second-order valence-electron chi connectivity index (χ2n) is 5.34. The van der Waals surface area contributed by atoms with E-state index in [4.69, 9.17) is 4.74 Å². The molecule has 0 heterocycles. The molecule has 0 spiro atoms. The van der Waals surface area contributed by atoms with Gasteiger partial charge < -0.3 is 15.4 Å². The zero-order valence-electron chi connectivity index (χ0n) is 11.8. The molecule has 2 N–H and O–H groups in total. The fourth-order valence-corrected chi connectivity index (χ4v) is 1.44. The molecule has 0 radical (unpaired) electrons. The smallest absolute Gasteiger partial charge is 0.407 e. The van der Waals surface area contributed by atoms with Crippen molar-refractivity contribution in [2.24, 2.45) is 0 Å². The minimum atomic E-state index is -0.513. The number of nitrogens with one attached hydrogen (secondary N) is 2. The lowest BCUT2D eigenvalue weighted by molar-refractivity contribution is 0.0530. The number of aryl methyl sites for hydroxylation is 1. The van der Waals surface area contributed by atoms with Gasteiger partial charge in [-0.2, -0.15) is 0 Å². The van der Waals surface area contributed by atoms with Gasteiger partial charge in [0.15, 0.2) is 0 Å². The number of hydrogen-bond donors (Lipinski definition) is 2. The van der Waals surface area contributed by atoms with Gasteiger partial charge in [-0.05, 0) is 45.4 Å². The van der Waals surface area contributed by atoms with Crippen LogP contribution in [0.15, 0.2) is 18.2 Å². The Morgan fingerprint density at radius 2 is 2.00 bits per heavy atom. The summed E-state index contributed by atoms with van der Waals surface area (Å²) in [6.07, 6.45) is -0.473. The molecule has 5 heteroatoms. The number of rotatable bonds is 4. The molecule has 0 aromatic heterocycles. The van der Waals surface area contributed by atoms with E-state index in [1.807, 2.05) is 13.0 Å². The number of anilines is 1. The first-order valence-corrected chi connectivity index (χ1v) is 6.25. The lowest BCUT2D eigenvalue weighted by Crippen LogP contribution is -2.35. The highest BCUT2D eigenvalue weighted by Gasteiger charge is 2.15. The summed E-state index contributed by atoms with van der Waals surface area (Å²) in [6, 6.07) is 4.97. The van der Waals surface area contributed by atoms with Crippen LogP contribution in [0.5, 0.6) is 0 Å². The van der Waals surface area contributed by atoms with Crippen molar-refractivity contribution in [3.05, 3.63) is 29.6 Å². The molecule has 1 amide bonds. The molecule has 19 heavy (non-hydrogen) atoms. The molecule has 1 aromatic carbocycles. The van der Waals surface area contributed by atoms with Crippen molar-refractivity contribution in [3.63, 3.8) is 0 Å². The lowest BCUT2D eigenvalue weighted by atomic mass is 10.2. The minimum Gasteiger partial charge on any atom is -0.444 e. The molecular formula is C14H21FN2O2. The van der Waals surface area contributed by atoms with Crippen molar-refractivity contribution in [3.8, 4) is 0 Å². The molecule has 0 atom stereocenters. The molecule has 1 rings (SSSR count). The zero-order chi connectivity index (χ0) is 14.5. The highest BCUT2D eigenvalue weighted by Crippen LogP contribution is 2.14. The van der Waals surface area contributed by atoms with E-state index in [0.717, 1.165) is 5.56 Å². The van der Waals surface area contributed by atoms with E-state index >= 15 is 0 Å². The topological polar surface area (TPSA) is 50.4 Å². The summed E-state index contributed by atoms with van der Waals surface area (Å²) in [5, 5.41) is 5.51. The Kier molecular flexibility index (Phi) is 5.15. The van der Waals surface area contributed by atoms with Crippen molar-refractivity contribution in [1.82, 2.24) is 5.32 Å². The lowest BCUT2D eigenvalue weighted by Gasteiger charge is -2.19. The average Bonchev–Trinajstić information content (AvgIpc) is 2.24. The van der Waals surface area contributed by atoms with Crippen LogP contribution in [0, 0.1) is 12.7 Å². The molecule has 0 saturated heterocycles. The first-order valence-electron chi connectivity index (χ1n) is 6.25. The van der Waals surface area contributed by atoms with Crippen LogP contribution in [0.4, 0.5) is 14.9 Å². The minimum absolute atomic E-state index is 0.294. The van der Waals surface area contributed by atoms with Gasteiger partial charge >= 0.3 is 6.09 Å². The van der Waals surface area contributed by atoms with Crippen LogP contribution >= 0.6 is 0 Å². The SMILES string of the molecule is Cc1ccc(NCCNC(=O)OC(C)(C)C)c(F)c1. The van der Waals surface area contributed by atoms with E-state index < -0.39 is 11.7 Å². The third-order valence-electron chi connectivity index (χ3n) is 2.23. The van der Waals surface area contributed by atoms with Gasteiger partial charge in [-0.25, -0.2) is 9.18 Å². The van der Waals surface area contributed by atoms with Crippen LogP contribution in [-0.4, -0.2) is 24.8 Å². The number of amides is 1. The second kappa shape index (κ2) is 6.41. The van der Waals surface area contributed by atoms with E-state index in [0.29, 0.717) is 18.8 Å². The van der Waals surface area contributed by atoms with Crippen LogP contribution in [0.25, 0.3) is 0 Å². The van der Waals surface area contributed by atoms with Gasteiger partial charge in [0, 0.05) is 13.1 Å². The predicted molar refractivity (Wildman–Crippen MR) is 73.9 cm³/mol. The van der Waals surface area contributed by atoms with Gasteiger partial charge in [0.25, 0.3) is 0 Å². The fourth-order valence-electron chi connectivity index (χ4n) is 1.44. The van der Waals surface area contributed by atoms with E-state index in [1.54, 1.807) is 26.8 Å². The fraction of sp³-hybridized carbons (Fsp3) is 0.500. The normalized spacial score (nSPS) is 11.0. The third-order valence-corrected chi connectivity index (χ3v) is 2.23. The van der Waals surface area contributed by atoms with E-state index in [1.165, 1.54) is 6.07 Å². The standard InChI is InChI=1S/C14H21FN2O2/c1-10-5-6-12(11(15)9-10)16-7-8-17-13(18)19-14(2,3)4/h5-6,9,16H,7-8H2,1-4H3,(H,17,18). The van der Waals surface area contributed by atoms with Crippen LogP contribution in [-0.2, 0) is 4.74 Å². The Labute approximate surface area is 113 Å².